The maximum Gasteiger partial charge on any atom is 0.252 e. The van der Waals surface area contributed by atoms with Crippen molar-refractivity contribution in [2.75, 3.05) is 19.0 Å². The highest BCUT2D eigenvalue weighted by Gasteiger charge is 2.07. The number of carbonyl (C=O) groups is 1. The average molecular weight is 398 g/mol. The maximum absolute atomic E-state index is 12.4. The van der Waals surface area contributed by atoms with E-state index < -0.39 is 0 Å². The summed E-state index contributed by atoms with van der Waals surface area (Å²) >= 11 is 0. The predicted octanol–water partition coefficient (Wildman–Crippen LogP) is 4.35. The Morgan fingerprint density at radius 3 is 2.57 bits per heavy atom. The molecule has 150 valence electrons. The van der Waals surface area contributed by atoms with E-state index in [1.165, 1.54) is 0 Å². The third-order valence-corrected chi connectivity index (χ3v) is 4.78. The number of amides is 1. The molecule has 0 aliphatic carbocycles. The van der Waals surface area contributed by atoms with Crippen LogP contribution in [-0.4, -0.2) is 29.5 Å². The zero-order chi connectivity index (χ0) is 20.8. The van der Waals surface area contributed by atoms with Crippen molar-refractivity contribution in [1.82, 2.24) is 15.3 Å². The molecule has 0 bridgehead atoms. The molecule has 0 saturated heterocycles. The number of hydrogen-bond donors (Lipinski definition) is 2. The van der Waals surface area contributed by atoms with Crippen LogP contribution in [0.1, 0.15) is 15.9 Å². The number of methoxy groups -OCH3 is 1. The average Bonchev–Trinajstić information content (AvgIpc) is 2.80. The Hall–Kier alpha value is -3.93. The monoisotopic (exact) mass is 398 g/mol. The SMILES string of the molecule is COc1ccc(CCNC(=O)c2ccc(Nc3cccc4cccnc34)nc2)cc1. The van der Waals surface area contributed by atoms with Crippen molar-refractivity contribution in [1.29, 1.82) is 0 Å². The first-order valence-corrected chi connectivity index (χ1v) is 9.71. The van der Waals surface area contributed by atoms with E-state index in [1.807, 2.05) is 54.6 Å². The number of benzene rings is 2. The quantitative estimate of drug-likeness (QED) is 0.484. The predicted molar refractivity (Wildman–Crippen MR) is 118 cm³/mol. The fourth-order valence-electron chi connectivity index (χ4n) is 3.16. The van der Waals surface area contributed by atoms with Gasteiger partial charge in [0.05, 0.1) is 23.9 Å². The van der Waals surface area contributed by atoms with Crippen molar-refractivity contribution in [3.8, 4) is 5.75 Å². The van der Waals surface area contributed by atoms with Gasteiger partial charge in [0.1, 0.15) is 11.6 Å². The second-order valence-electron chi connectivity index (χ2n) is 6.79. The van der Waals surface area contributed by atoms with E-state index in [1.54, 1.807) is 31.6 Å². The summed E-state index contributed by atoms with van der Waals surface area (Å²) in [6, 6.07) is 21.2. The number of carbonyl (C=O) groups excluding carboxylic acids is 1. The molecular weight excluding hydrogens is 376 g/mol. The highest BCUT2D eigenvalue weighted by atomic mass is 16.5. The minimum Gasteiger partial charge on any atom is -0.497 e. The van der Waals surface area contributed by atoms with Gasteiger partial charge in [-0.2, -0.15) is 0 Å². The summed E-state index contributed by atoms with van der Waals surface area (Å²) in [6.07, 6.45) is 4.08. The molecular formula is C24H22N4O2. The Morgan fingerprint density at radius 2 is 1.80 bits per heavy atom. The van der Waals surface area contributed by atoms with Gasteiger partial charge in [0.15, 0.2) is 0 Å². The minimum atomic E-state index is -0.144. The summed E-state index contributed by atoms with van der Waals surface area (Å²) in [6.45, 7) is 0.548. The molecule has 6 nitrogen and oxygen atoms in total. The number of rotatable bonds is 7. The molecule has 2 heterocycles. The third kappa shape index (κ3) is 4.55. The van der Waals surface area contributed by atoms with Crippen LogP contribution in [0, 0.1) is 0 Å². The molecule has 4 rings (SSSR count). The molecule has 0 aliphatic heterocycles. The lowest BCUT2D eigenvalue weighted by Gasteiger charge is -2.09. The van der Waals surface area contributed by atoms with Gasteiger partial charge in [-0.25, -0.2) is 4.98 Å². The summed E-state index contributed by atoms with van der Waals surface area (Å²) in [7, 11) is 1.64. The van der Waals surface area contributed by atoms with Gasteiger partial charge in [0, 0.05) is 24.3 Å². The molecule has 0 fully saturated rings. The number of anilines is 2. The summed E-state index contributed by atoms with van der Waals surface area (Å²) < 4.78 is 5.15. The van der Waals surface area contributed by atoms with Crippen LogP contribution < -0.4 is 15.4 Å². The van der Waals surface area contributed by atoms with Crippen molar-refractivity contribution in [2.45, 2.75) is 6.42 Å². The van der Waals surface area contributed by atoms with Gasteiger partial charge in [-0.1, -0.05) is 30.3 Å². The second kappa shape index (κ2) is 9.05. The molecule has 4 aromatic rings. The van der Waals surface area contributed by atoms with E-state index >= 15 is 0 Å². The molecule has 0 unspecified atom stereocenters. The van der Waals surface area contributed by atoms with Crippen LogP contribution in [0.2, 0.25) is 0 Å². The number of fused-ring (bicyclic) bond motifs is 1. The van der Waals surface area contributed by atoms with E-state index in [0.29, 0.717) is 17.9 Å². The number of nitrogens with zero attached hydrogens (tertiary/aromatic N) is 2. The largest absolute Gasteiger partial charge is 0.497 e. The van der Waals surface area contributed by atoms with Crippen LogP contribution in [0.4, 0.5) is 11.5 Å². The Kier molecular flexibility index (Phi) is 5.85. The molecule has 1 amide bonds. The van der Waals surface area contributed by atoms with E-state index in [9.17, 15) is 4.79 Å². The van der Waals surface area contributed by atoms with Gasteiger partial charge in [0.2, 0.25) is 0 Å². The molecule has 0 saturated carbocycles. The smallest absolute Gasteiger partial charge is 0.252 e. The second-order valence-corrected chi connectivity index (χ2v) is 6.79. The lowest BCUT2D eigenvalue weighted by atomic mass is 10.1. The van der Waals surface area contributed by atoms with Gasteiger partial charge < -0.3 is 15.4 Å². The van der Waals surface area contributed by atoms with E-state index in [2.05, 4.69) is 20.6 Å². The normalized spacial score (nSPS) is 10.6. The summed E-state index contributed by atoms with van der Waals surface area (Å²) in [5, 5.41) is 7.25. The Labute approximate surface area is 175 Å². The maximum atomic E-state index is 12.4. The zero-order valence-electron chi connectivity index (χ0n) is 16.6. The molecule has 0 spiro atoms. The van der Waals surface area contributed by atoms with Gasteiger partial charge in [-0.05, 0) is 48.4 Å². The minimum absolute atomic E-state index is 0.144. The Bertz CT molecular complexity index is 1140. The first kappa shape index (κ1) is 19.4. The molecule has 2 aromatic carbocycles. The molecule has 0 radical (unpaired) electrons. The highest BCUT2D eigenvalue weighted by molar-refractivity contribution is 5.94. The van der Waals surface area contributed by atoms with Crippen LogP contribution in [-0.2, 0) is 6.42 Å². The summed E-state index contributed by atoms with van der Waals surface area (Å²) in [5.74, 6) is 1.33. The summed E-state index contributed by atoms with van der Waals surface area (Å²) in [5.41, 5.74) is 3.41. The Balaban J connectivity index is 1.35. The number of para-hydroxylation sites is 1. The van der Waals surface area contributed by atoms with E-state index in [0.717, 1.165) is 34.3 Å². The van der Waals surface area contributed by atoms with Crippen LogP contribution in [0.3, 0.4) is 0 Å². The van der Waals surface area contributed by atoms with Gasteiger partial charge in [0.25, 0.3) is 5.91 Å². The van der Waals surface area contributed by atoms with Crippen LogP contribution in [0.5, 0.6) is 5.75 Å². The van der Waals surface area contributed by atoms with Crippen LogP contribution >= 0.6 is 0 Å². The van der Waals surface area contributed by atoms with E-state index in [4.69, 9.17) is 4.74 Å². The van der Waals surface area contributed by atoms with E-state index in [-0.39, 0.29) is 5.91 Å². The molecule has 0 atom stereocenters. The Morgan fingerprint density at radius 1 is 0.967 bits per heavy atom. The fourth-order valence-corrected chi connectivity index (χ4v) is 3.16. The number of hydrogen-bond acceptors (Lipinski definition) is 5. The van der Waals surface area contributed by atoms with Crippen molar-refractivity contribution >= 4 is 28.3 Å². The number of aromatic nitrogens is 2. The lowest BCUT2D eigenvalue weighted by molar-refractivity contribution is 0.0954. The number of nitrogens with one attached hydrogen (secondary N) is 2. The molecule has 30 heavy (non-hydrogen) atoms. The molecule has 2 N–H and O–H groups in total. The zero-order valence-corrected chi connectivity index (χ0v) is 16.6. The van der Waals surface area contributed by atoms with Crippen LogP contribution in [0.15, 0.2) is 79.1 Å². The lowest BCUT2D eigenvalue weighted by Crippen LogP contribution is -2.25. The fraction of sp³-hybridized carbons (Fsp3) is 0.125. The summed E-state index contributed by atoms with van der Waals surface area (Å²) in [4.78, 5) is 21.2. The van der Waals surface area contributed by atoms with Crippen molar-refractivity contribution in [3.63, 3.8) is 0 Å². The molecule has 2 aromatic heterocycles. The van der Waals surface area contributed by atoms with Gasteiger partial charge in [-0.15, -0.1) is 0 Å². The van der Waals surface area contributed by atoms with Gasteiger partial charge >= 0.3 is 0 Å². The number of ether oxygens (including phenoxy) is 1. The molecule has 6 heteroatoms. The highest BCUT2D eigenvalue weighted by Crippen LogP contribution is 2.23. The third-order valence-electron chi connectivity index (χ3n) is 4.78. The van der Waals surface area contributed by atoms with Gasteiger partial charge in [-0.3, -0.25) is 9.78 Å². The van der Waals surface area contributed by atoms with Crippen molar-refractivity contribution < 1.29 is 9.53 Å². The number of pyridine rings is 2. The standard InChI is InChI=1S/C24H22N4O2/c1-30-20-10-7-17(8-11-20)13-15-26-24(29)19-9-12-22(27-16-19)28-21-6-2-4-18-5-3-14-25-23(18)21/h2-12,14,16H,13,15H2,1H3,(H,26,29)(H,27,28). The first-order chi connectivity index (χ1) is 14.7. The van der Waals surface area contributed by atoms with Crippen molar-refractivity contribution in [3.05, 3.63) is 90.3 Å². The topological polar surface area (TPSA) is 76.1 Å². The van der Waals surface area contributed by atoms with Crippen molar-refractivity contribution in [2.24, 2.45) is 0 Å². The molecule has 0 aliphatic rings. The van der Waals surface area contributed by atoms with Crippen LogP contribution in [0.25, 0.3) is 10.9 Å². The first-order valence-electron chi connectivity index (χ1n) is 9.71.